The molecule has 2 aliphatic heterocycles. The van der Waals surface area contributed by atoms with Crippen molar-refractivity contribution in [2.45, 2.75) is 57.3 Å². The number of aliphatic hydroxyl groups is 1. The highest BCUT2D eigenvalue weighted by molar-refractivity contribution is 5.88. The van der Waals surface area contributed by atoms with E-state index in [1.54, 1.807) is 0 Å². The van der Waals surface area contributed by atoms with Crippen LogP contribution in [0.2, 0.25) is 0 Å². The van der Waals surface area contributed by atoms with Crippen LogP contribution in [0.1, 0.15) is 43.9 Å². The van der Waals surface area contributed by atoms with E-state index in [1.807, 2.05) is 24.7 Å². The van der Waals surface area contributed by atoms with Crippen molar-refractivity contribution in [2.75, 3.05) is 50.8 Å². The summed E-state index contributed by atoms with van der Waals surface area (Å²) in [5.41, 5.74) is -0.476. The molecule has 0 aromatic carbocycles. The summed E-state index contributed by atoms with van der Waals surface area (Å²) >= 11 is 0. The van der Waals surface area contributed by atoms with E-state index >= 15 is 0 Å². The van der Waals surface area contributed by atoms with Gasteiger partial charge in [0.2, 0.25) is 5.95 Å². The number of morpholine rings is 1. The van der Waals surface area contributed by atoms with Crippen molar-refractivity contribution in [3.05, 3.63) is 48.0 Å². The van der Waals surface area contributed by atoms with Crippen molar-refractivity contribution >= 4 is 23.9 Å². The van der Waals surface area contributed by atoms with E-state index in [9.17, 15) is 14.4 Å². The van der Waals surface area contributed by atoms with Crippen LogP contribution in [0.15, 0.2) is 36.8 Å². The van der Waals surface area contributed by atoms with Crippen molar-refractivity contribution in [1.82, 2.24) is 24.8 Å². The maximum Gasteiger partial charge on any atom is 0.336 e. The molecule has 2 saturated heterocycles. The second kappa shape index (κ2) is 16.1. The van der Waals surface area contributed by atoms with Crippen molar-refractivity contribution in [3.8, 4) is 0 Å². The number of carbonyl (C=O) groups is 3. The van der Waals surface area contributed by atoms with Crippen molar-refractivity contribution in [1.29, 1.82) is 0 Å². The van der Waals surface area contributed by atoms with E-state index in [-0.39, 0.29) is 0 Å². The van der Waals surface area contributed by atoms with Gasteiger partial charge in [0.1, 0.15) is 0 Å². The Labute approximate surface area is 244 Å². The largest absolute Gasteiger partial charge is 0.481 e. The minimum Gasteiger partial charge on any atom is -0.481 e. The summed E-state index contributed by atoms with van der Waals surface area (Å²) in [6.07, 6.45) is 6.13. The topological polar surface area (TPSA) is 190 Å². The summed E-state index contributed by atoms with van der Waals surface area (Å²) in [6.45, 7) is 10.6. The molecule has 0 bridgehead atoms. The number of likely N-dealkylation sites (N-methyl/N-ethyl adjacent to an activating group) is 1. The number of anilines is 1. The van der Waals surface area contributed by atoms with Crippen LogP contribution < -0.4 is 4.90 Å². The highest BCUT2D eigenvalue weighted by atomic mass is 16.5. The molecule has 4 N–H and O–H groups in total. The molecule has 2 aliphatic rings. The first kappa shape index (κ1) is 32.8. The molecule has 1 unspecified atom stereocenters. The summed E-state index contributed by atoms with van der Waals surface area (Å²) < 4.78 is 5.42. The van der Waals surface area contributed by atoms with Gasteiger partial charge in [-0.3, -0.25) is 24.4 Å². The molecule has 14 heteroatoms. The van der Waals surface area contributed by atoms with Gasteiger partial charge in [0.25, 0.3) is 0 Å². The number of carboxylic acids is 3. The third kappa shape index (κ3) is 10.3. The van der Waals surface area contributed by atoms with Gasteiger partial charge in [0.15, 0.2) is 5.60 Å². The number of carboxylic acid groups (broad SMARTS) is 3. The lowest BCUT2D eigenvalue weighted by Gasteiger charge is -2.30. The Hall–Kier alpha value is -3.72. The molecule has 42 heavy (non-hydrogen) atoms. The fraction of sp³-hybridized carbons (Fsp3) is 0.571. The SMILES string of the molecule is CCN1CCCC1CN(Cc1cnc(N2CCOCC2)nc1)Cc1ccccn1.O=C(O)CC(O)(CC(=O)O)C(=O)O. The van der Waals surface area contributed by atoms with Gasteiger partial charge in [-0.15, -0.1) is 0 Å². The number of nitrogens with zero attached hydrogens (tertiary/aromatic N) is 6. The van der Waals surface area contributed by atoms with Crippen LogP contribution in [0.3, 0.4) is 0 Å². The third-order valence-electron chi connectivity index (χ3n) is 7.16. The fourth-order valence-electron chi connectivity index (χ4n) is 5.05. The second-order valence-electron chi connectivity index (χ2n) is 10.4. The normalized spacial score (nSPS) is 17.5. The average Bonchev–Trinajstić information content (AvgIpc) is 3.41. The zero-order chi connectivity index (χ0) is 30.5. The van der Waals surface area contributed by atoms with Gasteiger partial charge in [-0.25, -0.2) is 14.8 Å². The van der Waals surface area contributed by atoms with E-state index in [0.717, 1.165) is 69.7 Å². The minimum absolute atomic E-state index is 0.622. The van der Waals surface area contributed by atoms with E-state index in [2.05, 4.69) is 48.7 Å². The molecule has 4 heterocycles. The first-order chi connectivity index (χ1) is 20.1. The Kier molecular flexibility index (Phi) is 12.5. The number of aliphatic carboxylic acids is 3. The molecular weight excluding hydrogens is 548 g/mol. The standard InChI is InChI=1S/C22H32N6O.C6H8O7/c1-2-27-9-5-7-21(27)18-26(17-20-6-3-4-8-23-20)16-19-14-24-22(25-15-19)28-10-12-29-13-11-28;7-3(8)1-6(13,5(11)12)2-4(9)10/h3-4,6,8,14-15,21H,2,5,7,9-13,16-18H2,1H3;13H,1-2H2,(H,7,8)(H,9,10)(H,11,12). The van der Waals surface area contributed by atoms with Gasteiger partial charge in [0.05, 0.1) is 31.7 Å². The summed E-state index contributed by atoms with van der Waals surface area (Å²) in [5.74, 6) is -4.21. The molecule has 0 aliphatic carbocycles. The molecule has 0 saturated carbocycles. The zero-order valence-corrected chi connectivity index (χ0v) is 23.8. The molecule has 4 rings (SSSR count). The number of hydrogen-bond donors (Lipinski definition) is 4. The minimum atomic E-state index is -2.74. The van der Waals surface area contributed by atoms with Gasteiger partial charge < -0.3 is 30.1 Å². The van der Waals surface area contributed by atoms with Crippen LogP contribution in [0.25, 0.3) is 0 Å². The molecule has 0 spiro atoms. The maximum absolute atomic E-state index is 10.3. The highest BCUT2D eigenvalue weighted by Crippen LogP contribution is 2.20. The number of likely N-dealkylation sites (tertiary alicyclic amines) is 1. The second-order valence-corrected chi connectivity index (χ2v) is 10.4. The van der Waals surface area contributed by atoms with Crippen LogP contribution in [0.4, 0.5) is 5.95 Å². The van der Waals surface area contributed by atoms with Gasteiger partial charge in [0, 0.05) is 62.9 Å². The van der Waals surface area contributed by atoms with Crippen LogP contribution in [-0.4, -0.2) is 121 Å². The van der Waals surface area contributed by atoms with Gasteiger partial charge in [-0.1, -0.05) is 13.0 Å². The quantitative estimate of drug-likeness (QED) is 0.259. The lowest BCUT2D eigenvalue weighted by Crippen LogP contribution is -2.42. The smallest absolute Gasteiger partial charge is 0.336 e. The molecule has 2 aromatic rings. The van der Waals surface area contributed by atoms with E-state index in [0.29, 0.717) is 6.04 Å². The maximum atomic E-state index is 10.3. The molecule has 1 atom stereocenters. The Morgan fingerprint density at radius 3 is 2.21 bits per heavy atom. The van der Waals surface area contributed by atoms with E-state index in [1.165, 1.54) is 19.4 Å². The molecule has 0 radical (unpaired) electrons. The predicted octanol–water partition coefficient (Wildman–Crippen LogP) is 0.946. The Morgan fingerprint density at radius 1 is 1.00 bits per heavy atom. The van der Waals surface area contributed by atoms with Crippen molar-refractivity contribution in [3.63, 3.8) is 0 Å². The van der Waals surface area contributed by atoms with Crippen LogP contribution >= 0.6 is 0 Å². The molecule has 2 fully saturated rings. The molecule has 2 aromatic heterocycles. The monoisotopic (exact) mass is 588 g/mol. The lowest BCUT2D eigenvalue weighted by molar-refractivity contribution is -0.170. The average molecular weight is 589 g/mol. The van der Waals surface area contributed by atoms with Gasteiger partial charge in [-0.2, -0.15) is 0 Å². The molecule has 14 nitrogen and oxygen atoms in total. The number of hydrogen-bond acceptors (Lipinski definition) is 11. The Morgan fingerprint density at radius 2 is 1.67 bits per heavy atom. The van der Waals surface area contributed by atoms with Crippen molar-refractivity contribution in [2.24, 2.45) is 0 Å². The summed E-state index contributed by atoms with van der Waals surface area (Å²) in [5, 5.41) is 33.8. The van der Waals surface area contributed by atoms with Gasteiger partial charge >= 0.3 is 17.9 Å². The van der Waals surface area contributed by atoms with E-state index < -0.39 is 36.4 Å². The van der Waals surface area contributed by atoms with Crippen LogP contribution in [-0.2, 0) is 32.2 Å². The summed E-state index contributed by atoms with van der Waals surface area (Å²) in [4.78, 5) is 51.6. The molecule has 230 valence electrons. The predicted molar refractivity (Wildman–Crippen MR) is 151 cm³/mol. The summed E-state index contributed by atoms with van der Waals surface area (Å²) in [7, 11) is 0. The zero-order valence-electron chi connectivity index (χ0n) is 23.8. The fourth-order valence-corrected chi connectivity index (χ4v) is 5.05. The van der Waals surface area contributed by atoms with Crippen LogP contribution in [0, 0.1) is 0 Å². The van der Waals surface area contributed by atoms with Crippen LogP contribution in [0.5, 0.6) is 0 Å². The van der Waals surface area contributed by atoms with E-state index in [4.69, 9.17) is 25.2 Å². The Bertz CT molecular complexity index is 1130. The number of ether oxygens (including phenoxy) is 1. The van der Waals surface area contributed by atoms with Gasteiger partial charge in [-0.05, 0) is 38.1 Å². The third-order valence-corrected chi connectivity index (χ3v) is 7.16. The first-order valence-electron chi connectivity index (χ1n) is 14.0. The first-order valence-corrected chi connectivity index (χ1v) is 14.0. The highest BCUT2D eigenvalue weighted by Gasteiger charge is 2.40. The van der Waals surface area contributed by atoms with Crippen molar-refractivity contribution < 1.29 is 39.5 Å². The Balaban J connectivity index is 0.000000316. The summed E-state index contributed by atoms with van der Waals surface area (Å²) in [6, 6.07) is 6.77. The number of rotatable bonds is 13. The number of aromatic nitrogens is 3. The molecular formula is C28H40N6O8. The molecule has 0 amide bonds. The lowest BCUT2D eigenvalue weighted by atomic mass is 9.96. The number of pyridine rings is 1.